The van der Waals surface area contributed by atoms with Crippen LogP contribution in [0.5, 0.6) is 0 Å². The van der Waals surface area contributed by atoms with E-state index >= 15 is 0 Å². The predicted molar refractivity (Wildman–Crippen MR) is 78.9 cm³/mol. The van der Waals surface area contributed by atoms with Gasteiger partial charge in [-0.3, -0.25) is 10.1 Å². The fourth-order valence-electron chi connectivity index (χ4n) is 2.31. The number of aliphatic hydroxyl groups excluding tert-OH is 1. The monoisotopic (exact) mass is 273 g/mol. The summed E-state index contributed by atoms with van der Waals surface area (Å²) >= 11 is 0. The van der Waals surface area contributed by atoms with Crippen LogP contribution in [0.15, 0.2) is 0 Å². The molecule has 0 heterocycles. The summed E-state index contributed by atoms with van der Waals surface area (Å²) in [6.07, 6.45) is 14.2. The number of rotatable bonds is 14. The molecule has 0 aliphatic heterocycles. The molecule has 1 atom stereocenters. The van der Waals surface area contributed by atoms with Crippen molar-refractivity contribution in [1.82, 2.24) is 0 Å². The third-order valence-corrected chi connectivity index (χ3v) is 3.65. The lowest BCUT2D eigenvalue weighted by atomic mass is 10.0. The molecule has 0 radical (unpaired) electrons. The average Bonchev–Trinajstić information content (AvgIpc) is 2.40. The van der Waals surface area contributed by atoms with Crippen molar-refractivity contribution in [3.05, 3.63) is 10.1 Å². The normalized spacial score (nSPS) is 12.5. The van der Waals surface area contributed by atoms with Gasteiger partial charge in [-0.05, 0) is 6.42 Å². The van der Waals surface area contributed by atoms with E-state index in [1.807, 2.05) is 0 Å². The minimum absolute atomic E-state index is 0.329. The fraction of sp³-hybridized carbons (Fsp3) is 1.00. The summed E-state index contributed by atoms with van der Waals surface area (Å²) in [6, 6.07) is -0.751. The Bertz CT molecular complexity index is 210. The Balaban J connectivity index is 3.16. The van der Waals surface area contributed by atoms with Crippen molar-refractivity contribution >= 4 is 0 Å². The lowest BCUT2D eigenvalue weighted by Gasteiger charge is -2.06. The van der Waals surface area contributed by atoms with Crippen LogP contribution in [-0.4, -0.2) is 22.7 Å². The minimum atomic E-state index is -0.751. The van der Waals surface area contributed by atoms with Crippen molar-refractivity contribution in [1.29, 1.82) is 0 Å². The SMILES string of the molecule is CCCCCCCCCCCCCC(CO)[N+](=O)[O-]. The molecule has 19 heavy (non-hydrogen) atoms. The van der Waals surface area contributed by atoms with E-state index < -0.39 is 6.04 Å². The van der Waals surface area contributed by atoms with Gasteiger partial charge in [-0.15, -0.1) is 0 Å². The molecule has 1 unspecified atom stereocenters. The lowest BCUT2D eigenvalue weighted by molar-refractivity contribution is -0.526. The number of hydrogen-bond acceptors (Lipinski definition) is 3. The Morgan fingerprint density at radius 1 is 0.895 bits per heavy atom. The molecule has 1 N–H and O–H groups in total. The molecule has 0 spiro atoms. The van der Waals surface area contributed by atoms with E-state index in [0.717, 1.165) is 12.8 Å². The van der Waals surface area contributed by atoms with Gasteiger partial charge in [0.2, 0.25) is 6.04 Å². The van der Waals surface area contributed by atoms with E-state index in [9.17, 15) is 10.1 Å². The van der Waals surface area contributed by atoms with Crippen LogP contribution in [0.3, 0.4) is 0 Å². The molecule has 4 heteroatoms. The number of unbranched alkanes of at least 4 members (excludes halogenated alkanes) is 10. The van der Waals surface area contributed by atoms with Crippen molar-refractivity contribution in [2.75, 3.05) is 6.61 Å². The quantitative estimate of drug-likeness (QED) is 0.291. The summed E-state index contributed by atoms with van der Waals surface area (Å²) in [4.78, 5) is 10.1. The van der Waals surface area contributed by atoms with E-state index in [0.29, 0.717) is 6.42 Å². The van der Waals surface area contributed by atoms with Crippen LogP contribution in [0.1, 0.15) is 84.0 Å². The van der Waals surface area contributed by atoms with Gasteiger partial charge in [-0.25, -0.2) is 0 Å². The highest BCUT2D eigenvalue weighted by molar-refractivity contribution is 4.55. The zero-order chi connectivity index (χ0) is 14.3. The van der Waals surface area contributed by atoms with Crippen LogP contribution in [0.25, 0.3) is 0 Å². The smallest absolute Gasteiger partial charge is 0.235 e. The van der Waals surface area contributed by atoms with E-state index in [-0.39, 0.29) is 11.5 Å². The molecule has 0 aliphatic carbocycles. The minimum Gasteiger partial charge on any atom is -0.389 e. The third-order valence-electron chi connectivity index (χ3n) is 3.65. The zero-order valence-corrected chi connectivity index (χ0v) is 12.5. The van der Waals surface area contributed by atoms with Crippen molar-refractivity contribution < 1.29 is 10.0 Å². The summed E-state index contributed by atoms with van der Waals surface area (Å²) in [5, 5.41) is 19.3. The third kappa shape index (κ3) is 12.2. The van der Waals surface area contributed by atoms with Gasteiger partial charge >= 0.3 is 0 Å². The second-order valence-electron chi connectivity index (χ2n) is 5.45. The highest BCUT2D eigenvalue weighted by atomic mass is 16.6. The number of nitrogens with zero attached hydrogens (tertiary/aromatic N) is 1. The molecule has 0 saturated carbocycles. The zero-order valence-electron chi connectivity index (χ0n) is 12.5. The van der Waals surface area contributed by atoms with Crippen molar-refractivity contribution in [3.63, 3.8) is 0 Å². The molecule has 0 aromatic heterocycles. The van der Waals surface area contributed by atoms with E-state index in [2.05, 4.69) is 6.92 Å². The summed E-state index contributed by atoms with van der Waals surface area (Å²) in [5.41, 5.74) is 0. The maximum absolute atomic E-state index is 10.5. The Labute approximate surface area is 117 Å². The molecule has 0 bridgehead atoms. The first-order valence-corrected chi connectivity index (χ1v) is 7.96. The van der Waals surface area contributed by atoms with Crippen LogP contribution >= 0.6 is 0 Å². The van der Waals surface area contributed by atoms with Gasteiger partial charge in [0.25, 0.3) is 0 Å². The molecular formula is C15H31NO3. The fourth-order valence-corrected chi connectivity index (χ4v) is 2.31. The van der Waals surface area contributed by atoms with Gasteiger partial charge in [0, 0.05) is 11.3 Å². The van der Waals surface area contributed by atoms with Crippen LogP contribution in [0, 0.1) is 10.1 Å². The maximum Gasteiger partial charge on any atom is 0.235 e. The van der Waals surface area contributed by atoms with Gasteiger partial charge in [0.1, 0.15) is 6.61 Å². The molecule has 4 nitrogen and oxygen atoms in total. The standard InChI is InChI=1S/C15H31NO3/c1-2-3-4-5-6-7-8-9-10-11-12-13-15(14-17)16(18)19/h15,17H,2-14H2,1H3. The van der Waals surface area contributed by atoms with Crippen molar-refractivity contribution in [2.24, 2.45) is 0 Å². The van der Waals surface area contributed by atoms with Crippen molar-refractivity contribution in [2.45, 2.75) is 90.0 Å². The lowest BCUT2D eigenvalue weighted by Crippen LogP contribution is -2.23. The van der Waals surface area contributed by atoms with Crippen LogP contribution in [0.2, 0.25) is 0 Å². The van der Waals surface area contributed by atoms with Gasteiger partial charge in [-0.1, -0.05) is 71.1 Å². The number of hydrogen-bond donors (Lipinski definition) is 1. The summed E-state index contributed by atoms with van der Waals surface area (Å²) < 4.78 is 0. The van der Waals surface area contributed by atoms with Gasteiger partial charge < -0.3 is 5.11 Å². The Kier molecular flexibility index (Phi) is 13.3. The maximum atomic E-state index is 10.5. The average molecular weight is 273 g/mol. The molecule has 0 amide bonds. The van der Waals surface area contributed by atoms with E-state index in [1.165, 1.54) is 57.8 Å². The van der Waals surface area contributed by atoms with E-state index in [1.54, 1.807) is 0 Å². The molecule has 0 fully saturated rings. The van der Waals surface area contributed by atoms with Crippen LogP contribution in [0.4, 0.5) is 0 Å². The Morgan fingerprint density at radius 3 is 1.68 bits per heavy atom. The largest absolute Gasteiger partial charge is 0.389 e. The molecule has 0 saturated heterocycles. The van der Waals surface area contributed by atoms with Crippen LogP contribution < -0.4 is 0 Å². The number of aliphatic hydroxyl groups is 1. The second-order valence-corrected chi connectivity index (χ2v) is 5.45. The van der Waals surface area contributed by atoms with Crippen LogP contribution in [-0.2, 0) is 0 Å². The topological polar surface area (TPSA) is 63.4 Å². The summed E-state index contributed by atoms with van der Waals surface area (Å²) in [7, 11) is 0. The second kappa shape index (κ2) is 13.8. The molecule has 0 aromatic rings. The Hall–Kier alpha value is -0.640. The molecule has 0 aliphatic rings. The predicted octanol–water partition coefficient (Wildman–Crippen LogP) is 4.33. The first-order chi connectivity index (χ1) is 9.22. The first-order valence-electron chi connectivity index (χ1n) is 7.96. The summed E-state index contributed by atoms with van der Waals surface area (Å²) in [5.74, 6) is 0. The van der Waals surface area contributed by atoms with Gasteiger partial charge in [0.15, 0.2) is 0 Å². The Morgan fingerprint density at radius 2 is 1.32 bits per heavy atom. The highest BCUT2D eigenvalue weighted by Crippen LogP contribution is 2.12. The van der Waals surface area contributed by atoms with Crippen molar-refractivity contribution in [3.8, 4) is 0 Å². The first kappa shape index (κ1) is 18.4. The molecule has 114 valence electrons. The summed E-state index contributed by atoms with van der Waals surface area (Å²) in [6.45, 7) is 1.91. The molecular weight excluding hydrogens is 242 g/mol. The van der Waals surface area contributed by atoms with Gasteiger partial charge in [-0.2, -0.15) is 0 Å². The molecule has 0 aromatic carbocycles. The van der Waals surface area contributed by atoms with E-state index in [4.69, 9.17) is 5.11 Å². The van der Waals surface area contributed by atoms with Gasteiger partial charge in [0.05, 0.1) is 0 Å². The molecule has 0 rings (SSSR count). The highest BCUT2D eigenvalue weighted by Gasteiger charge is 2.17. The number of nitro groups is 1.